The number of carbonyl (C=O) groups excluding carboxylic acids is 2. The van der Waals surface area contributed by atoms with Crippen molar-refractivity contribution in [3.8, 4) is 0 Å². The van der Waals surface area contributed by atoms with Crippen molar-refractivity contribution in [3.63, 3.8) is 0 Å². The van der Waals surface area contributed by atoms with Gasteiger partial charge in [-0.3, -0.25) is 4.90 Å². The Labute approximate surface area is 107 Å². The molecule has 18 heavy (non-hydrogen) atoms. The summed E-state index contributed by atoms with van der Waals surface area (Å²) in [6, 6.07) is -0.728. The molecule has 1 rings (SSSR count). The molecule has 0 aromatic carbocycles. The summed E-state index contributed by atoms with van der Waals surface area (Å²) in [6.45, 7) is 4.24. The molecule has 0 spiro atoms. The first-order chi connectivity index (χ1) is 8.61. The zero-order valence-corrected chi connectivity index (χ0v) is 10.9. The number of likely N-dealkylation sites (tertiary alicyclic amines) is 1. The van der Waals surface area contributed by atoms with Crippen LogP contribution in [-0.2, 0) is 14.3 Å². The Balaban J connectivity index is 2.58. The summed E-state index contributed by atoms with van der Waals surface area (Å²) in [7, 11) is 0. The lowest BCUT2D eigenvalue weighted by Crippen LogP contribution is -2.45. The van der Waals surface area contributed by atoms with Gasteiger partial charge in [0.05, 0.1) is 13.2 Å². The van der Waals surface area contributed by atoms with Crippen molar-refractivity contribution in [1.29, 1.82) is 0 Å². The Kier molecular flexibility index (Phi) is 5.91. The summed E-state index contributed by atoms with van der Waals surface area (Å²) in [5.74, 6) is -0.485. The number of rotatable bonds is 5. The van der Waals surface area contributed by atoms with Gasteiger partial charge < -0.3 is 14.6 Å². The molecule has 2 unspecified atom stereocenters. The second-order valence-electron chi connectivity index (χ2n) is 4.20. The fraction of sp³-hybridized carbons (Fsp3) is 0.833. The van der Waals surface area contributed by atoms with Crippen LogP contribution in [0.3, 0.4) is 0 Å². The number of ether oxygens (including phenoxy) is 2. The van der Waals surface area contributed by atoms with Crippen molar-refractivity contribution < 1.29 is 24.2 Å². The lowest BCUT2D eigenvalue weighted by molar-refractivity contribution is -0.149. The Morgan fingerprint density at radius 3 is 2.61 bits per heavy atom. The van der Waals surface area contributed by atoms with Crippen LogP contribution in [0.2, 0.25) is 0 Å². The molecule has 2 atom stereocenters. The highest BCUT2D eigenvalue weighted by Gasteiger charge is 2.41. The molecule has 0 aromatic rings. The van der Waals surface area contributed by atoms with E-state index in [2.05, 4.69) is 0 Å². The van der Waals surface area contributed by atoms with Crippen molar-refractivity contribution in [2.24, 2.45) is 0 Å². The zero-order valence-electron chi connectivity index (χ0n) is 10.9. The van der Waals surface area contributed by atoms with Gasteiger partial charge in [0, 0.05) is 0 Å². The van der Waals surface area contributed by atoms with Crippen molar-refractivity contribution in [2.75, 3.05) is 13.2 Å². The van der Waals surface area contributed by atoms with E-state index in [0.29, 0.717) is 19.4 Å². The third kappa shape index (κ3) is 3.60. The normalized spacial score (nSPS) is 22.9. The van der Waals surface area contributed by atoms with E-state index >= 15 is 0 Å². The molecule has 1 fully saturated rings. The average molecular weight is 259 g/mol. The van der Waals surface area contributed by atoms with Crippen LogP contribution in [-0.4, -0.2) is 47.6 Å². The van der Waals surface area contributed by atoms with Gasteiger partial charge in [0.25, 0.3) is 0 Å². The molecule has 104 valence electrons. The smallest absolute Gasteiger partial charge is 0.412 e. The Morgan fingerprint density at radius 2 is 2.00 bits per heavy atom. The van der Waals surface area contributed by atoms with Crippen molar-refractivity contribution >= 4 is 12.1 Å². The van der Waals surface area contributed by atoms with Crippen LogP contribution in [0.4, 0.5) is 4.79 Å². The van der Waals surface area contributed by atoms with E-state index in [4.69, 9.17) is 9.47 Å². The van der Waals surface area contributed by atoms with Gasteiger partial charge in [0.1, 0.15) is 12.3 Å². The van der Waals surface area contributed by atoms with E-state index in [9.17, 15) is 14.7 Å². The summed E-state index contributed by atoms with van der Waals surface area (Å²) < 4.78 is 9.90. The van der Waals surface area contributed by atoms with E-state index in [1.54, 1.807) is 6.92 Å². The molecule has 1 aliphatic rings. The van der Waals surface area contributed by atoms with Gasteiger partial charge in [0.2, 0.25) is 0 Å². The van der Waals surface area contributed by atoms with E-state index in [-0.39, 0.29) is 6.61 Å². The third-order valence-corrected chi connectivity index (χ3v) is 2.85. The maximum Gasteiger partial charge on any atom is 0.412 e. The minimum absolute atomic E-state index is 0.254. The molecular weight excluding hydrogens is 238 g/mol. The number of hydrogen-bond donors (Lipinski definition) is 1. The SMILES string of the molecule is CCCCOC(=O)N1C(O)CCC1C(=O)OCC. The summed E-state index contributed by atoms with van der Waals surface area (Å²) in [5.41, 5.74) is 0. The maximum absolute atomic E-state index is 11.8. The van der Waals surface area contributed by atoms with Crippen LogP contribution in [0.15, 0.2) is 0 Å². The van der Waals surface area contributed by atoms with Crippen LogP contribution in [0.5, 0.6) is 0 Å². The maximum atomic E-state index is 11.8. The molecule has 1 N–H and O–H groups in total. The first-order valence-electron chi connectivity index (χ1n) is 6.41. The Bertz CT molecular complexity index is 294. The minimum atomic E-state index is -0.964. The summed E-state index contributed by atoms with van der Waals surface area (Å²) in [6.07, 6.45) is 0.839. The average Bonchev–Trinajstić information content (AvgIpc) is 2.72. The van der Waals surface area contributed by atoms with Gasteiger partial charge in [-0.1, -0.05) is 13.3 Å². The summed E-state index contributed by atoms with van der Waals surface area (Å²) >= 11 is 0. The molecule has 0 radical (unpaired) electrons. The van der Waals surface area contributed by atoms with Crippen LogP contribution in [0, 0.1) is 0 Å². The molecule has 6 nitrogen and oxygen atoms in total. The molecule has 0 aliphatic carbocycles. The topological polar surface area (TPSA) is 76.1 Å². The summed E-state index contributed by atoms with van der Waals surface area (Å²) in [4.78, 5) is 24.5. The first kappa shape index (κ1) is 14.8. The van der Waals surface area contributed by atoms with E-state index in [1.807, 2.05) is 6.92 Å². The third-order valence-electron chi connectivity index (χ3n) is 2.85. The van der Waals surface area contributed by atoms with E-state index in [1.165, 1.54) is 0 Å². The van der Waals surface area contributed by atoms with Crippen LogP contribution >= 0.6 is 0 Å². The second-order valence-corrected chi connectivity index (χ2v) is 4.20. The number of amides is 1. The molecule has 0 saturated carbocycles. The van der Waals surface area contributed by atoms with Crippen LogP contribution in [0.25, 0.3) is 0 Å². The lowest BCUT2D eigenvalue weighted by Gasteiger charge is -2.25. The molecule has 1 amide bonds. The van der Waals surface area contributed by atoms with Crippen molar-refractivity contribution in [2.45, 2.75) is 51.8 Å². The van der Waals surface area contributed by atoms with Crippen LogP contribution < -0.4 is 0 Å². The number of esters is 1. The second kappa shape index (κ2) is 7.20. The number of carbonyl (C=O) groups is 2. The fourth-order valence-electron chi connectivity index (χ4n) is 1.89. The van der Waals surface area contributed by atoms with Crippen molar-refractivity contribution in [1.82, 2.24) is 4.90 Å². The van der Waals surface area contributed by atoms with E-state index in [0.717, 1.165) is 17.7 Å². The number of aliphatic hydroxyl groups excluding tert-OH is 1. The van der Waals surface area contributed by atoms with Gasteiger partial charge in [-0.25, -0.2) is 9.59 Å². The van der Waals surface area contributed by atoms with E-state index < -0.39 is 24.3 Å². The quantitative estimate of drug-likeness (QED) is 0.594. The number of nitrogens with zero attached hydrogens (tertiary/aromatic N) is 1. The standard InChI is InChI=1S/C12H21NO5/c1-3-5-8-18-12(16)13-9(6-7-10(13)14)11(15)17-4-2/h9-10,14H,3-8H2,1-2H3. The fourth-order valence-corrected chi connectivity index (χ4v) is 1.89. The highest BCUT2D eigenvalue weighted by molar-refractivity contribution is 5.82. The number of aliphatic hydroxyl groups is 1. The van der Waals surface area contributed by atoms with Gasteiger partial charge >= 0.3 is 12.1 Å². The number of unbranched alkanes of at least 4 members (excludes halogenated alkanes) is 1. The lowest BCUT2D eigenvalue weighted by atomic mass is 10.2. The van der Waals surface area contributed by atoms with Gasteiger partial charge in [-0.05, 0) is 26.2 Å². The largest absolute Gasteiger partial charge is 0.464 e. The molecule has 6 heteroatoms. The molecule has 1 aliphatic heterocycles. The minimum Gasteiger partial charge on any atom is -0.464 e. The van der Waals surface area contributed by atoms with Crippen LogP contribution in [0.1, 0.15) is 39.5 Å². The van der Waals surface area contributed by atoms with Gasteiger partial charge in [-0.2, -0.15) is 0 Å². The van der Waals surface area contributed by atoms with Crippen molar-refractivity contribution in [3.05, 3.63) is 0 Å². The zero-order chi connectivity index (χ0) is 13.5. The highest BCUT2D eigenvalue weighted by atomic mass is 16.6. The molecule has 0 bridgehead atoms. The first-order valence-corrected chi connectivity index (χ1v) is 6.41. The Morgan fingerprint density at radius 1 is 1.28 bits per heavy atom. The predicted octanol–water partition coefficient (Wildman–Crippen LogP) is 1.27. The molecular formula is C12H21NO5. The van der Waals surface area contributed by atoms with Gasteiger partial charge in [0.15, 0.2) is 0 Å². The Hall–Kier alpha value is -1.30. The molecule has 1 heterocycles. The van der Waals surface area contributed by atoms with Gasteiger partial charge in [-0.15, -0.1) is 0 Å². The molecule has 0 aromatic heterocycles. The monoisotopic (exact) mass is 259 g/mol. The predicted molar refractivity (Wildman–Crippen MR) is 63.8 cm³/mol. The summed E-state index contributed by atoms with van der Waals surface area (Å²) in [5, 5.41) is 9.72. The molecule has 1 saturated heterocycles. The number of hydrogen-bond acceptors (Lipinski definition) is 5. The highest BCUT2D eigenvalue weighted by Crippen LogP contribution is 2.24.